The zero-order chi connectivity index (χ0) is 17.2. The minimum Gasteiger partial charge on any atom is -0.457 e. The third-order valence-corrected chi connectivity index (χ3v) is 4.05. The molecule has 0 unspecified atom stereocenters. The number of para-hydroxylation sites is 1. The van der Waals surface area contributed by atoms with E-state index in [4.69, 9.17) is 9.47 Å². The number of carbonyl (C=O) groups excluding carboxylic acids is 2. The number of cyclic esters (lactones) is 1. The Balaban J connectivity index is 1.89. The Bertz CT molecular complexity index is 786. The number of hydrogen-bond acceptors (Lipinski definition) is 4. The highest BCUT2D eigenvalue weighted by Crippen LogP contribution is 2.33. The number of ether oxygens (including phenoxy) is 2. The Morgan fingerprint density at radius 2 is 1.92 bits per heavy atom. The molecule has 0 aromatic heterocycles. The van der Waals surface area contributed by atoms with Gasteiger partial charge in [-0.3, -0.25) is 10.1 Å². The Labute approximate surface area is 140 Å². The topological polar surface area (TPSA) is 64.6 Å². The molecule has 2 aromatic carbocycles. The summed E-state index contributed by atoms with van der Waals surface area (Å²) in [6.07, 6.45) is 1.21. The van der Waals surface area contributed by atoms with Gasteiger partial charge >= 0.3 is 6.09 Å². The first kappa shape index (κ1) is 16.1. The number of benzene rings is 2. The average molecular weight is 325 g/mol. The normalized spacial score (nSPS) is 19.8. The third-order valence-electron chi connectivity index (χ3n) is 4.05. The maximum atomic E-state index is 12.0. The van der Waals surface area contributed by atoms with Crippen LogP contribution in [0.15, 0.2) is 48.5 Å². The van der Waals surface area contributed by atoms with Crippen molar-refractivity contribution in [3.63, 3.8) is 0 Å². The molecular formula is C19H19NO4. The lowest BCUT2D eigenvalue weighted by Crippen LogP contribution is -2.33. The summed E-state index contributed by atoms with van der Waals surface area (Å²) >= 11 is 0. The molecule has 2 amide bonds. The standard InChI is InChI=1S/C19H19NO4/c1-3-7-13-8-4-5-11-16(13)23-15-10-6-9-14(12-15)19(2)17(21)20-18(22)24-19/h4-6,8-12H,3,7H2,1-2H3,(H,20,21,22)/t19-/m1/s1. The number of imide groups is 1. The Kier molecular flexibility index (Phi) is 4.25. The van der Waals surface area contributed by atoms with Crippen molar-refractivity contribution in [2.45, 2.75) is 32.3 Å². The van der Waals surface area contributed by atoms with Crippen LogP contribution in [-0.4, -0.2) is 12.0 Å². The fourth-order valence-electron chi connectivity index (χ4n) is 2.72. The molecule has 0 spiro atoms. The molecule has 0 aliphatic carbocycles. The van der Waals surface area contributed by atoms with Crippen LogP contribution in [0.5, 0.6) is 11.5 Å². The maximum absolute atomic E-state index is 12.0. The summed E-state index contributed by atoms with van der Waals surface area (Å²) in [5.74, 6) is 0.901. The molecule has 24 heavy (non-hydrogen) atoms. The largest absolute Gasteiger partial charge is 0.457 e. The average Bonchev–Trinajstić information content (AvgIpc) is 2.83. The number of amides is 2. The van der Waals surface area contributed by atoms with Crippen LogP contribution >= 0.6 is 0 Å². The summed E-state index contributed by atoms with van der Waals surface area (Å²) < 4.78 is 11.2. The molecule has 1 aliphatic rings. The van der Waals surface area contributed by atoms with Crippen molar-refractivity contribution in [3.8, 4) is 11.5 Å². The number of nitrogens with one attached hydrogen (secondary N) is 1. The van der Waals surface area contributed by atoms with Gasteiger partial charge in [0.15, 0.2) is 0 Å². The van der Waals surface area contributed by atoms with Gasteiger partial charge in [-0.2, -0.15) is 0 Å². The second-order valence-corrected chi connectivity index (χ2v) is 5.86. The van der Waals surface area contributed by atoms with Crippen LogP contribution < -0.4 is 10.1 Å². The van der Waals surface area contributed by atoms with Gasteiger partial charge in [0, 0.05) is 5.56 Å². The molecule has 0 bridgehead atoms. The predicted octanol–water partition coefficient (Wildman–Crippen LogP) is 3.91. The minimum absolute atomic E-state index is 0.476. The van der Waals surface area contributed by atoms with Gasteiger partial charge in [-0.15, -0.1) is 0 Å². The molecule has 1 saturated heterocycles. The first-order chi connectivity index (χ1) is 11.5. The van der Waals surface area contributed by atoms with Gasteiger partial charge in [0.1, 0.15) is 11.5 Å². The molecule has 124 valence electrons. The second-order valence-electron chi connectivity index (χ2n) is 5.86. The lowest BCUT2D eigenvalue weighted by Gasteiger charge is -2.20. The van der Waals surface area contributed by atoms with Crippen LogP contribution in [0, 0.1) is 0 Å². The summed E-state index contributed by atoms with van der Waals surface area (Å²) in [6, 6.07) is 14.9. The number of alkyl carbamates (subject to hydrolysis) is 1. The van der Waals surface area contributed by atoms with Crippen molar-refractivity contribution in [2.75, 3.05) is 0 Å². The number of carbonyl (C=O) groups is 2. The molecule has 1 atom stereocenters. The van der Waals surface area contributed by atoms with E-state index in [-0.39, 0.29) is 0 Å². The lowest BCUT2D eigenvalue weighted by atomic mass is 9.95. The van der Waals surface area contributed by atoms with Crippen molar-refractivity contribution in [2.24, 2.45) is 0 Å². The highest BCUT2D eigenvalue weighted by atomic mass is 16.6. The van der Waals surface area contributed by atoms with E-state index in [2.05, 4.69) is 12.2 Å². The summed E-state index contributed by atoms with van der Waals surface area (Å²) in [4.78, 5) is 23.4. The number of hydrogen-bond donors (Lipinski definition) is 1. The van der Waals surface area contributed by atoms with Gasteiger partial charge in [0.25, 0.3) is 5.91 Å². The van der Waals surface area contributed by atoms with E-state index in [0.717, 1.165) is 24.2 Å². The van der Waals surface area contributed by atoms with Crippen LogP contribution in [0.4, 0.5) is 4.79 Å². The fraction of sp³-hybridized carbons (Fsp3) is 0.263. The molecule has 5 heteroatoms. The summed E-state index contributed by atoms with van der Waals surface area (Å²) in [5.41, 5.74) is 0.359. The summed E-state index contributed by atoms with van der Waals surface area (Å²) in [7, 11) is 0. The van der Waals surface area contributed by atoms with Crippen LogP contribution in [0.1, 0.15) is 31.4 Å². The van der Waals surface area contributed by atoms with Gasteiger partial charge in [-0.1, -0.05) is 43.7 Å². The molecule has 1 aliphatic heterocycles. The molecule has 2 aromatic rings. The second kappa shape index (κ2) is 6.35. The third kappa shape index (κ3) is 2.97. The van der Waals surface area contributed by atoms with Gasteiger partial charge in [0.2, 0.25) is 5.60 Å². The molecular weight excluding hydrogens is 306 g/mol. The molecule has 1 heterocycles. The molecule has 3 rings (SSSR count). The van der Waals surface area contributed by atoms with Crippen molar-refractivity contribution in [3.05, 3.63) is 59.7 Å². The predicted molar refractivity (Wildman–Crippen MR) is 88.9 cm³/mol. The molecule has 0 radical (unpaired) electrons. The van der Waals surface area contributed by atoms with Gasteiger partial charge in [0.05, 0.1) is 0 Å². The maximum Gasteiger partial charge on any atom is 0.415 e. The first-order valence-corrected chi connectivity index (χ1v) is 7.93. The zero-order valence-electron chi connectivity index (χ0n) is 13.7. The van der Waals surface area contributed by atoms with Crippen molar-refractivity contribution < 1.29 is 19.1 Å². The summed E-state index contributed by atoms with van der Waals surface area (Å²) in [6.45, 7) is 3.68. The fourth-order valence-corrected chi connectivity index (χ4v) is 2.72. The van der Waals surface area contributed by atoms with Crippen LogP contribution in [0.3, 0.4) is 0 Å². The van der Waals surface area contributed by atoms with Crippen LogP contribution in [0.2, 0.25) is 0 Å². The van der Waals surface area contributed by atoms with Gasteiger partial charge in [-0.05, 0) is 37.1 Å². The SMILES string of the molecule is CCCc1ccccc1Oc1cccc([C@@]2(C)OC(=O)NC2=O)c1. The van der Waals surface area contributed by atoms with Crippen molar-refractivity contribution in [1.29, 1.82) is 0 Å². The molecule has 1 N–H and O–H groups in total. The van der Waals surface area contributed by atoms with Crippen LogP contribution in [-0.2, 0) is 21.6 Å². The quantitative estimate of drug-likeness (QED) is 0.905. The van der Waals surface area contributed by atoms with E-state index in [1.165, 1.54) is 0 Å². The van der Waals surface area contributed by atoms with Gasteiger partial charge in [-0.25, -0.2) is 4.79 Å². The Hall–Kier alpha value is -2.82. The van der Waals surface area contributed by atoms with Gasteiger partial charge < -0.3 is 9.47 Å². The number of aryl methyl sites for hydroxylation is 1. The zero-order valence-corrected chi connectivity index (χ0v) is 13.7. The van der Waals surface area contributed by atoms with Crippen molar-refractivity contribution in [1.82, 2.24) is 5.32 Å². The van der Waals surface area contributed by atoms with E-state index in [1.807, 2.05) is 30.3 Å². The first-order valence-electron chi connectivity index (χ1n) is 7.93. The molecule has 1 fully saturated rings. The number of rotatable bonds is 5. The van der Waals surface area contributed by atoms with Crippen molar-refractivity contribution >= 4 is 12.0 Å². The molecule has 0 saturated carbocycles. The minimum atomic E-state index is -1.33. The highest BCUT2D eigenvalue weighted by molar-refractivity contribution is 6.03. The van der Waals surface area contributed by atoms with E-state index in [9.17, 15) is 9.59 Å². The van der Waals surface area contributed by atoms with E-state index in [0.29, 0.717) is 11.3 Å². The Morgan fingerprint density at radius 1 is 1.12 bits per heavy atom. The Morgan fingerprint density at radius 3 is 2.62 bits per heavy atom. The highest BCUT2D eigenvalue weighted by Gasteiger charge is 2.46. The van der Waals surface area contributed by atoms with E-state index in [1.54, 1.807) is 25.1 Å². The van der Waals surface area contributed by atoms with Crippen LogP contribution in [0.25, 0.3) is 0 Å². The lowest BCUT2D eigenvalue weighted by molar-refractivity contribution is -0.130. The molecule has 5 nitrogen and oxygen atoms in total. The monoisotopic (exact) mass is 325 g/mol. The summed E-state index contributed by atoms with van der Waals surface area (Å²) in [5, 5.41) is 2.16. The van der Waals surface area contributed by atoms with E-state index >= 15 is 0 Å². The van der Waals surface area contributed by atoms with E-state index < -0.39 is 17.6 Å². The smallest absolute Gasteiger partial charge is 0.415 e.